The van der Waals surface area contributed by atoms with E-state index in [1.807, 2.05) is 24.3 Å². The van der Waals surface area contributed by atoms with Crippen molar-refractivity contribution in [1.29, 1.82) is 0 Å². The van der Waals surface area contributed by atoms with E-state index in [1.54, 1.807) is 20.1 Å². The van der Waals surface area contributed by atoms with E-state index in [4.69, 9.17) is 9.47 Å². The molecule has 136 valence electrons. The molecule has 6 heteroatoms. The number of thiophene rings is 1. The van der Waals surface area contributed by atoms with Gasteiger partial charge < -0.3 is 14.8 Å². The summed E-state index contributed by atoms with van der Waals surface area (Å²) in [6.45, 7) is 5.44. The van der Waals surface area contributed by atoms with Gasteiger partial charge in [-0.2, -0.15) is 0 Å². The highest BCUT2D eigenvalue weighted by Gasteiger charge is 2.24. The van der Waals surface area contributed by atoms with Crippen LogP contribution in [-0.2, 0) is 22.4 Å². The minimum atomic E-state index is -0.849. The smallest absolute Gasteiger partial charge is 0.349 e. The summed E-state index contributed by atoms with van der Waals surface area (Å²) >= 11 is 1.41. The van der Waals surface area contributed by atoms with Gasteiger partial charge in [0.15, 0.2) is 6.10 Å². The van der Waals surface area contributed by atoms with Crippen LogP contribution in [0.15, 0.2) is 36.9 Å². The minimum Gasteiger partial charge on any atom is -0.497 e. The first-order valence-corrected chi connectivity index (χ1v) is 9.24. The average molecular weight is 371 g/mol. The van der Waals surface area contributed by atoms with Crippen molar-refractivity contribution in [2.45, 2.75) is 25.9 Å². The SMILES string of the molecule is C=CCNC(=O)[C@@H](C)OC(=O)c1cc2c(s1)-c1ccc(OC)cc1CC2. The molecule has 0 spiro atoms. The number of nitrogens with one attached hydrogen (secondary N) is 1. The van der Waals surface area contributed by atoms with Crippen LogP contribution in [0.2, 0.25) is 0 Å². The van der Waals surface area contributed by atoms with Gasteiger partial charge in [0, 0.05) is 11.4 Å². The standard InChI is InChI=1S/C20H21NO4S/c1-4-9-21-19(22)12(2)25-20(23)17-11-14-6-5-13-10-15(24-3)7-8-16(13)18(14)26-17/h4,7-8,10-12H,1,5-6,9H2,2-3H3,(H,21,22)/t12-/m1/s1. The summed E-state index contributed by atoms with van der Waals surface area (Å²) in [6.07, 6.45) is 2.50. The molecule has 0 unspecified atom stereocenters. The van der Waals surface area contributed by atoms with Gasteiger partial charge in [0.1, 0.15) is 10.6 Å². The van der Waals surface area contributed by atoms with E-state index < -0.39 is 12.1 Å². The zero-order valence-electron chi connectivity index (χ0n) is 14.8. The topological polar surface area (TPSA) is 64.6 Å². The highest BCUT2D eigenvalue weighted by atomic mass is 32.1. The maximum Gasteiger partial charge on any atom is 0.349 e. The molecule has 3 rings (SSSR count). The molecule has 0 radical (unpaired) electrons. The second kappa shape index (κ2) is 7.74. The summed E-state index contributed by atoms with van der Waals surface area (Å²) in [4.78, 5) is 25.9. The van der Waals surface area contributed by atoms with Crippen molar-refractivity contribution in [2.24, 2.45) is 0 Å². The monoisotopic (exact) mass is 371 g/mol. The number of aryl methyl sites for hydroxylation is 2. The van der Waals surface area contributed by atoms with Crippen LogP contribution in [-0.4, -0.2) is 31.6 Å². The third-order valence-corrected chi connectivity index (χ3v) is 5.50. The maximum atomic E-state index is 12.4. The van der Waals surface area contributed by atoms with Gasteiger partial charge in [-0.05, 0) is 60.7 Å². The third-order valence-electron chi connectivity index (χ3n) is 4.30. The number of hydrogen-bond acceptors (Lipinski definition) is 5. The highest BCUT2D eigenvalue weighted by Crippen LogP contribution is 2.41. The minimum absolute atomic E-state index is 0.336. The van der Waals surface area contributed by atoms with Gasteiger partial charge in [-0.3, -0.25) is 4.79 Å². The van der Waals surface area contributed by atoms with Crippen LogP contribution in [0.25, 0.3) is 10.4 Å². The molecule has 0 saturated carbocycles. The molecule has 1 aliphatic carbocycles. The predicted molar refractivity (Wildman–Crippen MR) is 102 cm³/mol. The summed E-state index contributed by atoms with van der Waals surface area (Å²) in [6, 6.07) is 7.88. The number of ether oxygens (including phenoxy) is 2. The summed E-state index contributed by atoms with van der Waals surface area (Å²) in [5.74, 6) is 0.0282. The zero-order valence-corrected chi connectivity index (χ0v) is 15.7. The number of rotatable bonds is 6. The van der Waals surface area contributed by atoms with Crippen LogP contribution in [0.1, 0.15) is 27.7 Å². The van der Waals surface area contributed by atoms with Crippen molar-refractivity contribution < 1.29 is 19.1 Å². The Morgan fingerprint density at radius 2 is 2.08 bits per heavy atom. The molecule has 0 fully saturated rings. The summed E-state index contributed by atoms with van der Waals surface area (Å²) in [7, 11) is 1.65. The van der Waals surface area contributed by atoms with Gasteiger partial charge in [-0.1, -0.05) is 6.08 Å². The Bertz CT molecular complexity index is 855. The van der Waals surface area contributed by atoms with E-state index in [-0.39, 0.29) is 5.91 Å². The molecule has 0 aliphatic heterocycles. The number of benzene rings is 1. The van der Waals surface area contributed by atoms with Crippen LogP contribution in [0, 0.1) is 0 Å². The van der Waals surface area contributed by atoms with E-state index in [0.717, 1.165) is 34.6 Å². The van der Waals surface area contributed by atoms with Crippen molar-refractivity contribution in [3.63, 3.8) is 0 Å². The van der Waals surface area contributed by atoms with Crippen molar-refractivity contribution in [1.82, 2.24) is 5.32 Å². The lowest BCUT2D eigenvalue weighted by molar-refractivity contribution is -0.128. The Morgan fingerprint density at radius 3 is 2.81 bits per heavy atom. The lowest BCUT2D eigenvalue weighted by atomic mass is 9.91. The molecule has 2 aromatic rings. The Balaban J connectivity index is 1.77. The molecule has 26 heavy (non-hydrogen) atoms. The molecular weight excluding hydrogens is 350 g/mol. The van der Waals surface area contributed by atoms with Crippen LogP contribution in [0.5, 0.6) is 5.75 Å². The van der Waals surface area contributed by atoms with E-state index in [2.05, 4.69) is 11.9 Å². The summed E-state index contributed by atoms with van der Waals surface area (Å²) in [5.41, 5.74) is 3.49. The fourth-order valence-corrected chi connectivity index (χ4v) is 4.08. The Morgan fingerprint density at radius 1 is 1.31 bits per heavy atom. The Kier molecular flexibility index (Phi) is 5.42. The number of hydrogen-bond donors (Lipinski definition) is 1. The molecule has 1 atom stereocenters. The van der Waals surface area contributed by atoms with Crippen LogP contribution in [0.4, 0.5) is 0 Å². The number of fused-ring (bicyclic) bond motifs is 3. The first-order valence-electron chi connectivity index (χ1n) is 8.43. The molecule has 1 aromatic carbocycles. The molecule has 1 amide bonds. The van der Waals surface area contributed by atoms with E-state index in [0.29, 0.717) is 11.4 Å². The predicted octanol–water partition coefficient (Wildman–Crippen LogP) is 3.37. The third kappa shape index (κ3) is 3.65. The Hall–Kier alpha value is -2.60. The lowest BCUT2D eigenvalue weighted by Gasteiger charge is -2.16. The molecular formula is C20H21NO4S. The first-order chi connectivity index (χ1) is 12.5. The number of esters is 1. The molecule has 5 nitrogen and oxygen atoms in total. The largest absolute Gasteiger partial charge is 0.497 e. The van der Waals surface area contributed by atoms with Crippen molar-refractivity contribution in [3.8, 4) is 16.2 Å². The second-order valence-corrected chi connectivity index (χ2v) is 7.12. The fraction of sp³-hybridized carbons (Fsp3) is 0.300. The summed E-state index contributed by atoms with van der Waals surface area (Å²) in [5, 5.41) is 2.62. The number of methoxy groups -OCH3 is 1. The van der Waals surface area contributed by atoms with Gasteiger partial charge >= 0.3 is 5.97 Å². The van der Waals surface area contributed by atoms with Crippen molar-refractivity contribution in [2.75, 3.05) is 13.7 Å². The second-order valence-electron chi connectivity index (χ2n) is 6.07. The quantitative estimate of drug-likeness (QED) is 0.625. The number of carbonyl (C=O) groups is 2. The highest BCUT2D eigenvalue weighted by molar-refractivity contribution is 7.17. The molecule has 1 aromatic heterocycles. The van der Waals surface area contributed by atoms with Crippen molar-refractivity contribution >= 4 is 23.2 Å². The van der Waals surface area contributed by atoms with Crippen LogP contribution < -0.4 is 10.1 Å². The average Bonchev–Trinajstić information content (AvgIpc) is 3.10. The van der Waals surface area contributed by atoms with E-state index in [1.165, 1.54) is 16.9 Å². The van der Waals surface area contributed by atoms with Crippen LogP contribution in [0.3, 0.4) is 0 Å². The fourth-order valence-electron chi connectivity index (χ4n) is 2.93. The number of amides is 1. The Labute approximate surface area is 156 Å². The molecule has 1 heterocycles. The number of carbonyl (C=O) groups excluding carboxylic acids is 2. The van der Waals surface area contributed by atoms with Crippen molar-refractivity contribution in [3.05, 3.63) is 52.9 Å². The van der Waals surface area contributed by atoms with Crippen LogP contribution >= 0.6 is 11.3 Å². The van der Waals surface area contributed by atoms with E-state index in [9.17, 15) is 9.59 Å². The van der Waals surface area contributed by atoms with Gasteiger partial charge in [0.2, 0.25) is 0 Å². The van der Waals surface area contributed by atoms with Gasteiger partial charge in [-0.15, -0.1) is 17.9 Å². The van der Waals surface area contributed by atoms with Gasteiger partial charge in [-0.25, -0.2) is 4.79 Å². The van der Waals surface area contributed by atoms with Gasteiger partial charge in [0.25, 0.3) is 5.91 Å². The molecule has 1 aliphatic rings. The molecule has 1 N–H and O–H groups in total. The normalized spacial score (nSPS) is 13.2. The lowest BCUT2D eigenvalue weighted by Crippen LogP contribution is -2.35. The first kappa shape index (κ1) is 18.2. The molecule has 0 bridgehead atoms. The molecule has 0 saturated heterocycles. The zero-order chi connectivity index (χ0) is 18.7. The van der Waals surface area contributed by atoms with E-state index >= 15 is 0 Å². The summed E-state index contributed by atoms with van der Waals surface area (Å²) < 4.78 is 10.6. The van der Waals surface area contributed by atoms with Gasteiger partial charge in [0.05, 0.1) is 7.11 Å². The maximum absolute atomic E-state index is 12.4.